The van der Waals surface area contributed by atoms with Gasteiger partial charge < -0.3 is 9.47 Å². The van der Waals surface area contributed by atoms with E-state index < -0.39 is 11.6 Å². The van der Waals surface area contributed by atoms with Crippen LogP contribution in [0.15, 0.2) is 54.6 Å². The molecule has 1 fully saturated rings. The number of nitrogens with one attached hydrogen (secondary N) is 1. The van der Waals surface area contributed by atoms with E-state index in [1.54, 1.807) is 0 Å². The van der Waals surface area contributed by atoms with Gasteiger partial charge in [-0.1, -0.05) is 36.4 Å². The molecular formula is C21H22F2N2O2. The van der Waals surface area contributed by atoms with Gasteiger partial charge >= 0.3 is 0 Å². The molecule has 2 heterocycles. The van der Waals surface area contributed by atoms with Gasteiger partial charge in [-0.3, -0.25) is 10.2 Å². The average Bonchev–Trinajstić information content (AvgIpc) is 3.35. The van der Waals surface area contributed by atoms with Gasteiger partial charge in [0.15, 0.2) is 6.29 Å². The van der Waals surface area contributed by atoms with E-state index in [2.05, 4.69) is 10.2 Å². The molecule has 1 saturated heterocycles. The Balaban J connectivity index is 1.52. The molecule has 1 unspecified atom stereocenters. The van der Waals surface area contributed by atoms with Crippen LogP contribution in [-0.4, -0.2) is 44.2 Å². The Hall–Kier alpha value is -2.12. The fourth-order valence-corrected chi connectivity index (χ4v) is 3.55. The van der Waals surface area contributed by atoms with Gasteiger partial charge in [0.25, 0.3) is 0 Å². The fourth-order valence-electron chi connectivity index (χ4n) is 3.55. The first kappa shape index (κ1) is 18.3. The summed E-state index contributed by atoms with van der Waals surface area (Å²) in [6.45, 7) is 2.93. The number of hydrogen-bond acceptors (Lipinski definition) is 4. The maximum Gasteiger partial charge on any atom is 0.170 e. The third kappa shape index (κ3) is 4.25. The lowest BCUT2D eigenvalue weighted by atomic mass is 10.0. The van der Waals surface area contributed by atoms with E-state index in [0.29, 0.717) is 38.5 Å². The van der Waals surface area contributed by atoms with E-state index in [9.17, 15) is 8.78 Å². The highest BCUT2D eigenvalue weighted by Crippen LogP contribution is 2.35. The molecule has 0 bridgehead atoms. The third-order valence-corrected chi connectivity index (χ3v) is 4.86. The van der Waals surface area contributed by atoms with Gasteiger partial charge in [-0.05, 0) is 29.3 Å². The van der Waals surface area contributed by atoms with Crippen LogP contribution >= 0.6 is 0 Å². The Labute approximate surface area is 157 Å². The van der Waals surface area contributed by atoms with Gasteiger partial charge in [0, 0.05) is 25.3 Å². The molecule has 4 nitrogen and oxygen atoms in total. The SMILES string of the molecule is Fc1ccc(F)c(C2=CC(c3ccccc3)N(CNCC3OCCO3)C2)c1. The molecule has 6 heteroatoms. The molecule has 1 N–H and O–H groups in total. The van der Waals surface area contributed by atoms with Crippen molar-refractivity contribution in [2.24, 2.45) is 0 Å². The highest BCUT2D eigenvalue weighted by molar-refractivity contribution is 5.70. The summed E-state index contributed by atoms with van der Waals surface area (Å²) in [5.41, 5.74) is 2.22. The molecule has 4 rings (SSSR count). The van der Waals surface area contributed by atoms with E-state index in [1.807, 2.05) is 36.4 Å². The van der Waals surface area contributed by atoms with Crippen molar-refractivity contribution in [2.45, 2.75) is 12.3 Å². The summed E-state index contributed by atoms with van der Waals surface area (Å²) in [6.07, 6.45) is 1.79. The second-order valence-electron chi connectivity index (χ2n) is 6.70. The summed E-state index contributed by atoms with van der Waals surface area (Å²) in [5.74, 6) is -0.840. The van der Waals surface area contributed by atoms with Gasteiger partial charge in [-0.25, -0.2) is 8.78 Å². The maximum atomic E-state index is 14.3. The van der Waals surface area contributed by atoms with Crippen LogP contribution in [0.25, 0.3) is 5.57 Å². The molecule has 0 radical (unpaired) electrons. The number of halogens is 2. The Kier molecular flexibility index (Phi) is 5.59. The minimum absolute atomic E-state index is 0.0122. The van der Waals surface area contributed by atoms with Crippen LogP contribution in [0.4, 0.5) is 8.78 Å². The lowest BCUT2D eigenvalue weighted by molar-refractivity contribution is -0.0409. The van der Waals surface area contributed by atoms with Crippen molar-refractivity contribution in [3.05, 3.63) is 77.4 Å². The summed E-state index contributed by atoms with van der Waals surface area (Å²) < 4.78 is 38.8. The van der Waals surface area contributed by atoms with Crippen LogP contribution in [-0.2, 0) is 9.47 Å². The summed E-state index contributed by atoms with van der Waals surface area (Å²) in [4.78, 5) is 2.18. The van der Waals surface area contributed by atoms with E-state index in [1.165, 1.54) is 12.1 Å². The Morgan fingerprint density at radius 2 is 1.81 bits per heavy atom. The smallest absolute Gasteiger partial charge is 0.170 e. The largest absolute Gasteiger partial charge is 0.349 e. The predicted octanol–water partition coefficient (Wildman–Crippen LogP) is 3.33. The zero-order valence-corrected chi connectivity index (χ0v) is 14.9. The molecule has 2 aliphatic rings. The number of hydrogen-bond donors (Lipinski definition) is 1. The van der Waals surface area contributed by atoms with Gasteiger partial charge in [0.1, 0.15) is 11.6 Å². The van der Waals surface area contributed by atoms with E-state index in [0.717, 1.165) is 17.2 Å². The Bertz CT molecular complexity index is 807. The molecule has 2 aliphatic heterocycles. The Morgan fingerprint density at radius 1 is 1.04 bits per heavy atom. The Morgan fingerprint density at radius 3 is 2.59 bits per heavy atom. The van der Waals surface area contributed by atoms with Crippen LogP contribution in [0.3, 0.4) is 0 Å². The lowest BCUT2D eigenvalue weighted by Crippen LogP contribution is -2.38. The standard InChI is InChI=1S/C21H22F2N2O2/c22-17-6-7-19(23)18(11-17)16-10-20(15-4-2-1-3-5-15)25(13-16)14-24-12-21-26-8-9-27-21/h1-7,10-11,20-21,24H,8-9,12-14H2. The summed E-state index contributed by atoms with van der Waals surface area (Å²) >= 11 is 0. The van der Waals surface area contributed by atoms with Crippen molar-refractivity contribution in [1.29, 1.82) is 0 Å². The van der Waals surface area contributed by atoms with Crippen molar-refractivity contribution in [2.75, 3.05) is 33.0 Å². The summed E-state index contributed by atoms with van der Waals surface area (Å²) in [5, 5.41) is 3.34. The van der Waals surface area contributed by atoms with Gasteiger partial charge in [-0.2, -0.15) is 0 Å². The first-order valence-corrected chi connectivity index (χ1v) is 9.10. The molecule has 0 amide bonds. The fraction of sp³-hybridized carbons (Fsp3) is 0.333. The average molecular weight is 372 g/mol. The molecule has 0 saturated carbocycles. The van der Waals surface area contributed by atoms with Crippen LogP contribution in [0.5, 0.6) is 0 Å². The normalized spacial score (nSPS) is 21.0. The second-order valence-corrected chi connectivity index (χ2v) is 6.70. The molecule has 2 aromatic carbocycles. The molecule has 2 aromatic rings. The maximum absolute atomic E-state index is 14.3. The highest BCUT2D eigenvalue weighted by atomic mass is 19.1. The molecular weight excluding hydrogens is 350 g/mol. The molecule has 0 aliphatic carbocycles. The monoisotopic (exact) mass is 372 g/mol. The van der Waals surface area contributed by atoms with Gasteiger partial charge in [-0.15, -0.1) is 0 Å². The van der Waals surface area contributed by atoms with Crippen LogP contribution in [0.1, 0.15) is 17.2 Å². The van der Waals surface area contributed by atoms with Crippen LogP contribution < -0.4 is 5.32 Å². The van der Waals surface area contributed by atoms with Gasteiger partial charge in [0.2, 0.25) is 0 Å². The summed E-state index contributed by atoms with van der Waals surface area (Å²) in [7, 11) is 0. The van der Waals surface area contributed by atoms with Crippen molar-refractivity contribution in [3.8, 4) is 0 Å². The molecule has 0 spiro atoms. The van der Waals surface area contributed by atoms with Crippen LogP contribution in [0, 0.1) is 11.6 Å². The quantitative estimate of drug-likeness (QED) is 0.844. The zero-order valence-electron chi connectivity index (χ0n) is 14.9. The summed E-state index contributed by atoms with van der Waals surface area (Å²) in [6, 6.07) is 13.6. The molecule has 1 atom stereocenters. The molecule has 0 aromatic heterocycles. The van der Waals surface area contributed by atoms with Crippen molar-refractivity contribution in [3.63, 3.8) is 0 Å². The molecule has 142 valence electrons. The van der Waals surface area contributed by atoms with E-state index in [4.69, 9.17) is 9.47 Å². The van der Waals surface area contributed by atoms with Gasteiger partial charge in [0.05, 0.1) is 19.3 Å². The predicted molar refractivity (Wildman–Crippen MR) is 98.8 cm³/mol. The topological polar surface area (TPSA) is 33.7 Å². The second kappa shape index (κ2) is 8.27. The molecule has 27 heavy (non-hydrogen) atoms. The number of ether oxygens (including phenoxy) is 2. The highest BCUT2D eigenvalue weighted by Gasteiger charge is 2.28. The van der Waals surface area contributed by atoms with Crippen molar-refractivity contribution in [1.82, 2.24) is 10.2 Å². The number of nitrogens with zero attached hydrogens (tertiary/aromatic N) is 1. The van der Waals surface area contributed by atoms with Crippen molar-refractivity contribution >= 4 is 5.57 Å². The first-order chi connectivity index (χ1) is 13.2. The third-order valence-electron chi connectivity index (χ3n) is 4.86. The first-order valence-electron chi connectivity index (χ1n) is 9.10. The van der Waals surface area contributed by atoms with E-state index in [-0.39, 0.29) is 12.3 Å². The minimum atomic E-state index is -0.435. The zero-order chi connectivity index (χ0) is 18.6. The van der Waals surface area contributed by atoms with E-state index >= 15 is 0 Å². The minimum Gasteiger partial charge on any atom is -0.349 e. The van der Waals surface area contributed by atoms with Crippen molar-refractivity contribution < 1.29 is 18.3 Å². The van der Waals surface area contributed by atoms with Crippen LogP contribution in [0.2, 0.25) is 0 Å². The lowest BCUT2D eigenvalue weighted by Gasteiger charge is -2.25. The number of benzene rings is 2. The number of rotatable bonds is 6.